The van der Waals surface area contributed by atoms with Crippen LogP contribution in [-0.2, 0) is 26.0 Å². The molecule has 0 saturated carbocycles. The fourth-order valence-corrected chi connectivity index (χ4v) is 5.46. The lowest BCUT2D eigenvalue weighted by atomic mass is 9.95. The first kappa shape index (κ1) is 22.7. The number of esters is 1. The number of rotatable bonds is 6. The van der Waals surface area contributed by atoms with Crippen LogP contribution in [-0.4, -0.2) is 44.1 Å². The average molecular weight is 454 g/mol. The number of carbonyl (C=O) groups excluding carboxylic acids is 1. The quantitative estimate of drug-likeness (QED) is 0.598. The molecule has 8 heteroatoms. The first-order valence-electron chi connectivity index (χ1n) is 9.97. The molecule has 0 unspecified atom stereocenters. The summed E-state index contributed by atoms with van der Waals surface area (Å²) < 4.78 is 47.8. The van der Waals surface area contributed by atoms with E-state index in [-0.39, 0.29) is 37.4 Å². The minimum atomic E-state index is -3.91. The van der Waals surface area contributed by atoms with Crippen molar-refractivity contribution in [3.63, 3.8) is 0 Å². The summed E-state index contributed by atoms with van der Waals surface area (Å²) in [5.41, 5.74) is -0.0360. The summed E-state index contributed by atoms with van der Waals surface area (Å²) in [6, 6.07) is 12.3. The van der Waals surface area contributed by atoms with Gasteiger partial charge in [-0.05, 0) is 37.1 Å². The smallest absolute Gasteiger partial charge is 0.343 e. The van der Waals surface area contributed by atoms with Gasteiger partial charge in [-0.15, -0.1) is 0 Å². The van der Waals surface area contributed by atoms with Crippen LogP contribution in [0.15, 0.2) is 47.4 Å². The highest BCUT2D eigenvalue weighted by Crippen LogP contribution is 2.37. The molecule has 0 N–H and O–H groups in total. The fraction of sp³-hybridized carbons (Fsp3) is 0.409. The van der Waals surface area contributed by atoms with E-state index in [9.17, 15) is 17.6 Å². The van der Waals surface area contributed by atoms with E-state index >= 15 is 0 Å². The fourth-order valence-electron chi connectivity index (χ4n) is 3.60. The lowest BCUT2D eigenvalue weighted by Gasteiger charge is -2.34. The van der Waals surface area contributed by atoms with Crippen LogP contribution in [0.2, 0.25) is 5.02 Å². The summed E-state index contributed by atoms with van der Waals surface area (Å²) in [4.78, 5) is 12.0. The molecule has 0 atom stereocenters. The summed E-state index contributed by atoms with van der Waals surface area (Å²) in [6.45, 7) is 3.47. The number of nitrogens with zero attached hydrogens (tertiary/aromatic N) is 1. The van der Waals surface area contributed by atoms with Gasteiger partial charge in [0.15, 0.2) is 0 Å². The summed E-state index contributed by atoms with van der Waals surface area (Å²) in [5, 5.41) is 0.450. The second-order valence-corrected chi connectivity index (χ2v) is 9.57. The first-order valence-corrected chi connectivity index (χ1v) is 11.8. The van der Waals surface area contributed by atoms with E-state index in [1.54, 1.807) is 43.3 Å². The number of carbonyl (C=O) groups is 1. The van der Waals surface area contributed by atoms with Gasteiger partial charge in [0, 0.05) is 42.1 Å². The Bertz CT molecular complexity index is 1030. The molecular weight excluding hydrogens is 429 g/mol. The standard InChI is InChI=1S/C22H25ClFNO4S/c1-3-16-9-10-20(18(15-16)17-7-5-6-8-19(17)23)30(27,28)25-13-11-22(24,12-14-25)21(26)29-4-2/h5-10,15H,3-4,11-14H2,1-2H3. The molecular formula is C22H25ClFNO4S. The van der Waals surface area contributed by atoms with Crippen molar-refractivity contribution in [1.29, 1.82) is 0 Å². The summed E-state index contributed by atoms with van der Waals surface area (Å²) in [7, 11) is -3.91. The van der Waals surface area contributed by atoms with Crippen LogP contribution < -0.4 is 0 Å². The van der Waals surface area contributed by atoms with Crippen LogP contribution in [0.1, 0.15) is 32.3 Å². The molecule has 1 aliphatic heterocycles. The Hall–Kier alpha value is -1.96. The molecule has 5 nitrogen and oxygen atoms in total. The number of halogens is 2. The topological polar surface area (TPSA) is 63.7 Å². The Balaban J connectivity index is 1.96. The van der Waals surface area contributed by atoms with Gasteiger partial charge >= 0.3 is 5.97 Å². The Morgan fingerprint density at radius 3 is 2.40 bits per heavy atom. The zero-order valence-corrected chi connectivity index (χ0v) is 18.6. The van der Waals surface area contributed by atoms with Crippen LogP contribution >= 0.6 is 11.6 Å². The van der Waals surface area contributed by atoms with E-state index in [1.807, 2.05) is 13.0 Å². The van der Waals surface area contributed by atoms with Gasteiger partial charge in [0.2, 0.25) is 15.7 Å². The van der Waals surface area contributed by atoms with Crippen molar-refractivity contribution in [2.75, 3.05) is 19.7 Å². The van der Waals surface area contributed by atoms with Crippen molar-refractivity contribution in [3.8, 4) is 11.1 Å². The van der Waals surface area contributed by atoms with E-state index in [2.05, 4.69) is 0 Å². The molecule has 0 aliphatic carbocycles. The number of aryl methyl sites for hydroxylation is 1. The predicted molar refractivity (Wildman–Crippen MR) is 115 cm³/mol. The largest absolute Gasteiger partial charge is 0.464 e. The Kier molecular flexibility index (Phi) is 6.84. The minimum absolute atomic E-state index is 0.0808. The summed E-state index contributed by atoms with van der Waals surface area (Å²) in [5.74, 6) is -0.925. The maximum absolute atomic E-state index is 14.9. The first-order chi connectivity index (χ1) is 14.2. The van der Waals surface area contributed by atoms with Gasteiger partial charge in [0.25, 0.3) is 0 Å². The third kappa shape index (κ3) is 4.38. The molecule has 0 spiro atoms. The number of hydrogen-bond acceptors (Lipinski definition) is 4. The van der Waals surface area contributed by atoms with Gasteiger partial charge in [-0.3, -0.25) is 0 Å². The molecule has 162 valence electrons. The zero-order chi connectivity index (χ0) is 21.9. The molecule has 30 heavy (non-hydrogen) atoms. The number of ether oxygens (including phenoxy) is 1. The predicted octanol–water partition coefficient (Wildman–Crippen LogP) is 4.63. The maximum atomic E-state index is 14.9. The molecule has 1 saturated heterocycles. The van der Waals surface area contributed by atoms with Crippen LogP contribution in [0.3, 0.4) is 0 Å². The van der Waals surface area contributed by atoms with Crippen LogP contribution in [0.5, 0.6) is 0 Å². The van der Waals surface area contributed by atoms with E-state index in [1.165, 1.54) is 4.31 Å². The zero-order valence-electron chi connectivity index (χ0n) is 17.0. The van der Waals surface area contributed by atoms with E-state index < -0.39 is 21.7 Å². The number of hydrogen-bond donors (Lipinski definition) is 0. The number of benzene rings is 2. The second kappa shape index (κ2) is 9.04. The average Bonchev–Trinajstić information content (AvgIpc) is 2.74. The van der Waals surface area contributed by atoms with Crippen LogP contribution in [0.25, 0.3) is 11.1 Å². The minimum Gasteiger partial charge on any atom is -0.464 e. The third-order valence-electron chi connectivity index (χ3n) is 5.39. The van der Waals surface area contributed by atoms with E-state index in [0.29, 0.717) is 16.1 Å². The van der Waals surface area contributed by atoms with Gasteiger partial charge in [0.05, 0.1) is 11.5 Å². The highest BCUT2D eigenvalue weighted by molar-refractivity contribution is 7.89. The Morgan fingerprint density at radius 2 is 1.80 bits per heavy atom. The number of sulfonamides is 1. The molecule has 0 amide bonds. The molecule has 2 aromatic carbocycles. The van der Waals surface area contributed by atoms with Crippen molar-refractivity contribution in [2.24, 2.45) is 0 Å². The second-order valence-electron chi connectivity index (χ2n) is 7.25. The third-order valence-corrected chi connectivity index (χ3v) is 7.68. The van der Waals surface area contributed by atoms with Gasteiger partial charge in [-0.1, -0.05) is 42.8 Å². The SMILES string of the molecule is CCOC(=O)C1(F)CCN(S(=O)(=O)c2ccc(CC)cc2-c2ccccc2Cl)CC1. The molecule has 1 aliphatic rings. The normalized spacial score (nSPS) is 16.9. The molecule has 3 rings (SSSR count). The van der Waals surface area contributed by atoms with Gasteiger partial charge in [0.1, 0.15) is 0 Å². The van der Waals surface area contributed by atoms with Crippen LogP contribution in [0, 0.1) is 0 Å². The Labute approximate surface area is 181 Å². The highest BCUT2D eigenvalue weighted by Gasteiger charge is 2.45. The highest BCUT2D eigenvalue weighted by atomic mass is 35.5. The van der Waals surface area contributed by atoms with Crippen molar-refractivity contribution in [2.45, 2.75) is 43.7 Å². The van der Waals surface area contributed by atoms with E-state index in [0.717, 1.165) is 12.0 Å². The van der Waals surface area contributed by atoms with Crippen molar-refractivity contribution >= 4 is 27.6 Å². The number of piperidine rings is 1. The van der Waals surface area contributed by atoms with Gasteiger partial charge < -0.3 is 4.74 Å². The van der Waals surface area contributed by atoms with Gasteiger partial charge in [-0.25, -0.2) is 17.6 Å². The monoisotopic (exact) mass is 453 g/mol. The molecule has 1 fully saturated rings. The number of alkyl halides is 1. The maximum Gasteiger partial charge on any atom is 0.343 e. The molecule has 2 aromatic rings. The molecule has 0 bridgehead atoms. The lowest BCUT2D eigenvalue weighted by Crippen LogP contribution is -2.49. The molecule has 0 aromatic heterocycles. The van der Waals surface area contributed by atoms with Crippen LogP contribution in [0.4, 0.5) is 4.39 Å². The van der Waals surface area contributed by atoms with Crippen molar-refractivity contribution in [3.05, 3.63) is 53.1 Å². The van der Waals surface area contributed by atoms with Crippen molar-refractivity contribution < 1.29 is 22.3 Å². The van der Waals surface area contributed by atoms with Gasteiger partial charge in [-0.2, -0.15) is 4.31 Å². The molecule has 0 radical (unpaired) electrons. The summed E-state index contributed by atoms with van der Waals surface area (Å²) in [6.07, 6.45) is 0.268. The molecule has 1 heterocycles. The Morgan fingerprint density at radius 1 is 1.13 bits per heavy atom. The lowest BCUT2D eigenvalue weighted by molar-refractivity contribution is -0.160. The van der Waals surface area contributed by atoms with E-state index in [4.69, 9.17) is 16.3 Å². The summed E-state index contributed by atoms with van der Waals surface area (Å²) >= 11 is 6.35. The van der Waals surface area contributed by atoms with Crippen molar-refractivity contribution in [1.82, 2.24) is 4.31 Å².